The van der Waals surface area contributed by atoms with Crippen molar-refractivity contribution in [2.45, 2.75) is 18.6 Å². The number of carbonyl (C=O) groups is 2. The fraction of sp³-hybridized carbons (Fsp3) is 0.167. The zero-order valence-electron chi connectivity index (χ0n) is 13.5. The molecule has 5 nitrogen and oxygen atoms in total. The normalized spacial score (nSPS) is 18.2. The number of halogens is 1. The molecule has 2 amide bonds. The van der Waals surface area contributed by atoms with Gasteiger partial charge in [-0.25, -0.2) is 9.38 Å². The van der Waals surface area contributed by atoms with Crippen molar-refractivity contribution in [2.24, 2.45) is 4.99 Å². The molecule has 2 aromatic carbocycles. The van der Waals surface area contributed by atoms with E-state index in [4.69, 9.17) is 0 Å². The molecule has 128 valence electrons. The van der Waals surface area contributed by atoms with E-state index < -0.39 is 5.25 Å². The van der Waals surface area contributed by atoms with Crippen LogP contribution in [0.5, 0.6) is 0 Å². The van der Waals surface area contributed by atoms with E-state index in [1.54, 1.807) is 0 Å². The van der Waals surface area contributed by atoms with E-state index >= 15 is 0 Å². The maximum Gasteiger partial charge on any atom is 0.240 e. The SMILES string of the molecule is Cc1cccc(N=C2NC(=O)[C@H](CC(=O)Nc3ccc(F)cc3)S2)c1. The van der Waals surface area contributed by atoms with Gasteiger partial charge in [-0.05, 0) is 48.9 Å². The van der Waals surface area contributed by atoms with Crippen LogP contribution in [0.4, 0.5) is 15.8 Å². The Morgan fingerprint density at radius 1 is 1.28 bits per heavy atom. The van der Waals surface area contributed by atoms with Crippen molar-refractivity contribution < 1.29 is 14.0 Å². The van der Waals surface area contributed by atoms with E-state index in [-0.39, 0.29) is 24.1 Å². The van der Waals surface area contributed by atoms with Crippen LogP contribution >= 0.6 is 11.8 Å². The van der Waals surface area contributed by atoms with Crippen LogP contribution < -0.4 is 10.6 Å². The summed E-state index contributed by atoms with van der Waals surface area (Å²) in [6, 6.07) is 13.1. The number of benzene rings is 2. The number of hydrogen-bond donors (Lipinski definition) is 2. The fourth-order valence-corrected chi connectivity index (χ4v) is 3.31. The second kappa shape index (κ2) is 7.48. The minimum atomic E-state index is -0.538. The van der Waals surface area contributed by atoms with Crippen LogP contribution in [0.15, 0.2) is 53.5 Å². The summed E-state index contributed by atoms with van der Waals surface area (Å²) in [6.07, 6.45) is 0.0146. The first-order chi connectivity index (χ1) is 12.0. The van der Waals surface area contributed by atoms with E-state index in [0.717, 1.165) is 11.3 Å². The Morgan fingerprint density at radius 3 is 2.76 bits per heavy atom. The molecule has 2 aromatic rings. The van der Waals surface area contributed by atoms with Gasteiger partial charge in [0.05, 0.1) is 5.69 Å². The molecule has 0 spiro atoms. The van der Waals surface area contributed by atoms with Crippen LogP contribution in [0.25, 0.3) is 0 Å². The number of amides is 2. The molecule has 0 saturated carbocycles. The third-order valence-electron chi connectivity index (χ3n) is 3.51. The Labute approximate surface area is 148 Å². The molecule has 0 aromatic heterocycles. The van der Waals surface area contributed by atoms with Gasteiger partial charge < -0.3 is 10.6 Å². The smallest absolute Gasteiger partial charge is 0.240 e. The highest BCUT2D eigenvalue weighted by molar-refractivity contribution is 8.15. The van der Waals surface area contributed by atoms with Crippen molar-refractivity contribution in [3.8, 4) is 0 Å². The lowest BCUT2D eigenvalue weighted by Gasteiger charge is -2.07. The lowest BCUT2D eigenvalue weighted by atomic mass is 10.2. The Bertz CT molecular complexity index is 836. The standard InChI is InChI=1S/C18H16FN3O2S/c1-11-3-2-4-14(9-11)21-18-22-17(24)15(25-18)10-16(23)20-13-7-5-12(19)6-8-13/h2-9,15H,10H2,1H3,(H,20,23)(H,21,22,24)/t15-/m0/s1. The molecular formula is C18H16FN3O2S. The zero-order valence-corrected chi connectivity index (χ0v) is 14.3. The van der Waals surface area contributed by atoms with Crippen molar-refractivity contribution in [1.82, 2.24) is 5.32 Å². The van der Waals surface area contributed by atoms with Crippen molar-refractivity contribution in [3.05, 3.63) is 59.9 Å². The number of amidine groups is 1. The number of aryl methyl sites for hydroxylation is 1. The number of nitrogens with zero attached hydrogens (tertiary/aromatic N) is 1. The molecule has 1 atom stereocenters. The molecule has 0 aliphatic carbocycles. The molecule has 1 aliphatic heterocycles. The number of hydrogen-bond acceptors (Lipinski definition) is 4. The monoisotopic (exact) mass is 357 g/mol. The van der Waals surface area contributed by atoms with Gasteiger partial charge in [0.15, 0.2) is 5.17 Å². The third kappa shape index (κ3) is 4.67. The third-order valence-corrected chi connectivity index (χ3v) is 4.59. The van der Waals surface area contributed by atoms with Gasteiger partial charge in [-0.3, -0.25) is 9.59 Å². The van der Waals surface area contributed by atoms with Crippen LogP contribution in [0, 0.1) is 12.7 Å². The summed E-state index contributed by atoms with van der Waals surface area (Å²) in [5.74, 6) is -0.928. The Kier molecular flexibility index (Phi) is 5.14. The predicted octanol–water partition coefficient (Wildman–Crippen LogP) is 3.38. The first-order valence-corrected chi connectivity index (χ1v) is 8.56. The number of thioether (sulfide) groups is 1. The summed E-state index contributed by atoms with van der Waals surface area (Å²) in [7, 11) is 0. The molecule has 3 rings (SSSR count). The highest BCUT2D eigenvalue weighted by Gasteiger charge is 2.32. The molecule has 1 saturated heterocycles. The summed E-state index contributed by atoms with van der Waals surface area (Å²) >= 11 is 1.23. The Morgan fingerprint density at radius 2 is 2.04 bits per heavy atom. The van der Waals surface area contributed by atoms with Gasteiger partial charge in [-0.2, -0.15) is 0 Å². The largest absolute Gasteiger partial charge is 0.326 e. The molecule has 1 aliphatic rings. The molecule has 1 fully saturated rings. The highest BCUT2D eigenvalue weighted by atomic mass is 32.2. The van der Waals surface area contributed by atoms with Gasteiger partial charge >= 0.3 is 0 Å². The first kappa shape index (κ1) is 17.2. The van der Waals surface area contributed by atoms with Gasteiger partial charge in [0.2, 0.25) is 11.8 Å². The number of carbonyl (C=O) groups excluding carboxylic acids is 2. The Balaban J connectivity index is 1.61. The van der Waals surface area contributed by atoms with E-state index in [1.807, 2.05) is 31.2 Å². The van der Waals surface area contributed by atoms with Gasteiger partial charge in [0, 0.05) is 12.1 Å². The van der Waals surface area contributed by atoms with Crippen LogP contribution in [-0.2, 0) is 9.59 Å². The van der Waals surface area contributed by atoms with Crippen LogP contribution in [0.3, 0.4) is 0 Å². The minimum absolute atomic E-state index is 0.0146. The fourth-order valence-electron chi connectivity index (χ4n) is 2.32. The second-order valence-corrected chi connectivity index (χ2v) is 6.80. The van der Waals surface area contributed by atoms with E-state index in [9.17, 15) is 14.0 Å². The average Bonchev–Trinajstić information content (AvgIpc) is 2.89. The van der Waals surface area contributed by atoms with E-state index in [1.165, 1.54) is 36.0 Å². The maximum absolute atomic E-state index is 12.9. The summed E-state index contributed by atoms with van der Waals surface area (Å²) in [4.78, 5) is 28.5. The second-order valence-electron chi connectivity index (χ2n) is 5.61. The van der Waals surface area contributed by atoms with Gasteiger partial charge in [0.1, 0.15) is 11.1 Å². The van der Waals surface area contributed by atoms with Gasteiger partial charge in [-0.15, -0.1) is 0 Å². The molecule has 0 radical (unpaired) electrons. The van der Waals surface area contributed by atoms with Crippen molar-refractivity contribution in [1.29, 1.82) is 0 Å². The molecule has 0 unspecified atom stereocenters. The minimum Gasteiger partial charge on any atom is -0.326 e. The van der Waals surface area contributed by atoms with E-state index in [0.29, 0.717) is 10.9 Å². The van der Waals surface area contributed by atoms with Crippen LogP contribution in [-0.4, -0.2) is 22.2 Å². The summed E-state index contributed by atoms with van der Waals surface area (Å²) in [5, 5.41) is 5.29. The molecule has 1 heterocycles. The molecule has 2 N–H and O–H groups in total. The number of anilines is 1. The Hall–Kier alpha value is -2.67. The topological polar surface area (TPSA) is 70.6 Å². The van der Waals surface area contributed by atoms with Gasteiger partial charge in [-0.1, -0.05) is 23.9 Å². The lowest BCUT2D eigenvalue weighted by molar-refractivity contribution is -0.122. The highest BCUT2D eigenvalue weighted by Crippen LogP contribution is 2.26. The molecule has 25 heavy (non-hydrogen) atoms. The van der Waals surface area contributed by atoms with Crippen molar-refractivity contribution in [2.75, 3.05) is 5.32 Å². The number of rotatable bonds is 4. The van der Waals surface area contributed by atoms with Crippen LogP contribution in [0.2, 0.25) is 0 Å². The van der Waals surface area contributed by atoms with Gasteiger partial charge in [0.25, 0.3) is 0 Å². The predicted molar refractivity (Wildman–Crippen MR) is 97.4 cm³/mol. The summed E-state index contributed by atoms with van der Waals surface area (Å²) in [6.45, 7) is 1.96. The molecule has 7 heteroatoms. The maximum atomic E-state index is 12.9. The molecule has 0 bridgehead atoms. The average molecular weight is 357 g/mol. The molecular weight excluding hydrogens is 341 g/mol. The van der Waals surface area contributed by atoms with E-state index in [2.05, 4.69) is 15.6 Å². The lowest BCUT2D eigenvalue weighted by Crippen LogP contribution is -2.28. The summed E-state index contributed by atoms with van der Waals surface area (Å²) in [5.41, 5.74) is 2.31. The number of aliphatic imine (C=N–C) groups is 1. The van der Waals surface area contributed by atoms with Crippen LogP contribution in [0.1, 0.15) is 12.0 Å². The zero-order chi connectivity index (χ0) is 17.8. The van der Waals surface area contributed by atoms with Crippen molar-refractivity contribution >= 4 is 40.1 Å². The summed E-state index contributed by atoms with van der Waals surface area (Å²) < 4.78 is 12.9. The van der Waals surface area contributed by atoms with Crippen molar-refractivity contribution in [3.63, 3.8) is 0 Å². The number of nitrogens with one attached hydrogen (secondary N) is 2. The first-order valence-electron chi connectivity index (χ1n) is 7.68. The quantitative estimate of drug-likeness (QED) is 0.881.